The van der Waals surface area contributed by atoms with Crippen molar-refractivity contribution in [3.63, 3.8) is 0 Å². The molecule has 3 heterocycles. The molecule has 8 nitrogen and oxygen atoms in total. The lowest BCUT2D eigenvalue weighted by Gasteiger charge is -2.29. The van der Waals surface area contributed by atoms with Crippen LogP contribution in [-0.4, -0.2) is 55.4 Å². The van der Waals surface area contributed by atoms with Gasteiger partial charge < -0.3 is 15.0 Å². The molecule has 4 rings (SSSR count). The van der Waals surface area contributed by atoms with Gasteiger partial charge in [0.05, 0.1) is 0 Å². The highest BCUT2D eigenvalue weighted by Gasteiger charge is 2.39. The van der Waals surface area contributed by atoms with Crippen LogP contribution in [0.3, 0.4) is 0 Å². The van der Waals surface area contributed by atoms with Crippen molar-refractivity contribution in [2.24, 2.45) is 11.8 Å². The third kappa shape index (κ3) is 5.15. The number of aromatic nitrogens is 5. The second kappa shape index (κ2) is 9.32. The van der Waals surface area contributed by atoms with Crippen molar-refractivity contribution in [1.29, 1.82) is 0 Å². The lowest BCUT2D eigenvalue weighted by atomic mass is 9.98. The van der Waals surface area contributed by atoms with Crippen LogP contribution in [0.1, 0.15) is 39.4 Å². The topological polar surface area (TPSA) is 80.5 Å². The number of nitrogens with zero attached hydrogens (tertiary/aromatic N) is 6. The van der Waals surface area contributed by atoms with Crippen molar-refractivity contribution in [2.75, 3.05) is 23.3 Å². The van der Waals surface area contributed by atoms with Crippen LogP contribution >= 0.6 is 11.5 Å². The van der Waals surface area contributed by atoms with Gasteiger partial charge in [-0.25, -0.2) is 9.50 Å². The number of halogens is 3. The van der Waals surface area contributed by atoms with Gasteiger partial charge in [0.15, 0.2) is 17.5 Å². The van der Waals surface area contributed by atoms with Crippen LogP contribution in [0.25, 0.3) is 5.65 Å². The first-order chi connectivity index (χ1) is 15.7. The molecule has 33 heavy (non-hydrogen) atoms. The van der Waals surface area contributed by atoms with Crippen molar-refractivity contribution >= 4 is 28.3 Å². The molecule has 1 saturated carbocycles. The summed E-state index contributed by atoms with van der Waals surface area (Å²) >= 11 is 1.41. The maximum absolute atomic E-state index is 13.0. The number of hydrogen-bond donors (Lipinski definition) is 1. The van der Waals surface area contributed by atoms with Crippen LogP contribution in [0.4, 0.5) is 24.3 Å². The summed E-state index contributed by atoms with van der Waals surface area (Å²) in [6.07, 6.45) is -2.64. The average Bonchev–Trinajstić information content (AvgIpc) is 3.46. The molecule has 3 aromatic heterocycles. The minimum atomic E-state index is -4.46. The first-order valence-electron chi connectivity index (χ1n) is 11.1. The Hall–Kier alpha value is -2.63. The van der Waals surface area contributed by atoms with Crippen molar-refractivity contribution in [3.05, 3.63) is 24.2 Å². The summed E-state index contributed by atoms with van der Waals surface area (Å²) in [5.74, 6) is 1.94. The lowest BCUT2D eigenvalue weighted by Crippen LogP contribution is -2.38. The van der Waals surface area contributed by atoms with Crippen LogP contribution in [0.2, 0.25) is 0 Å². The fourth-order valence-corrected chi connectivity index (χ4v) is 4.99. The van der Waals surface area contributed by atoms with E-state index in [0.29, 0.717) is 17.8 Å². The third-order valence-electron chi connectivity index (χ3n) is 6.12. The Kier molecular flexibility index (Phi) is 6.64. The largest absolute Gasteiger partial charge is 0.477 e. The molecule has 0 bridgehead atoms. The van der Waals surface area contributed by atoms with Crippen molar-refractivity contribution in [1.82, 2.24) is 24.0 Å². The summed E-state index contributed by atoms with van der Waals surface area (Å²) in [6.45, 7) is 8.82. The second-order valence-electron chi connectivity index (χ2n) is 8.53. The Labute approximate surface area is 194 Å². The van der Waals surface area contributed by atoms with E-state index >= 15 is 0 Å². The van der Waals surface area contributed by atoms with E-state index in [2.05, 4.69) is 43.5 Å². The smallest absolute Gasteiger partial charge is 0.425 e. The van der Waals surface area contributed by atoms with E-state index in [9.17, 15) is 13.2 Å². The van der Waals surface area contributed by atoms with Crippen molar-refractivity contribution < 1.29 is 17.9 Å². The summed E-state index contributed by atoms with van der Waals surface area (Å²) in [7, 11) is 0. The highest BCUT2D eigenvalue weighted by molar-refractivity contribution is 7.09. The van der Waals surface area contributed by atoms with Gasteiger partial charge in [-0.15, -0.1) is 5.10 Å². The van der Waals surface area contributed by atoms with E-state index in [0.717, 1.165) is 43.8 Å². The number of hydrogen-bond acceptors (Lipinski definition) is 8. The Morgan fingerprint density at radius 1 is 1.33 bits per heavy atom. The first-order valence-corrected chi connectivity index (χ1v) is 11.8. The number of nitrogens with one attached hydrogen (secondary N) is 1. The van der Waals surface area contributed by atoms with Crippen molar-refractivity contribution in [2.45, 2.75) is 58.9 Å². The summed E-state index contributed by atoms with van der Waals surface area (Å²) in [5, 5.41) is 8.80. The molecule has 1 fully saturated rings. The molecule has 1 aliphatic rings. The molecule has 0 saturated heterocycles. The van der Waals surface area contributed by atoms with E-state index in [1.165, 1.54) is 22.1 Å². The number of fused-ring (bicyclic) bond motifs is 1. The number of alkyl halides is 3. The third-order valence-corrected chi connectivity index (χ3v) is 6.99. The zero-order valence-corrected chi connectivity index (χ0v) is 19.8. The second-order valence-corrected chi connectivity index (χ2v) is 9.26. The molecule has 1 N–H and O–H groups in total. The highest BCUT2D eigenvalue weighted by Crippen LogP contribution is 2.35. The van der Waals surface area contributed by atoms with Crippen LogP contribution in [0.15, 0.2) is 18.3 Å². The predicted octanol–water partition coefficient (Wildman–Crippen LogP) is 4.57. The summed E-state index contributed by atoms with van der Waals surface area (Å²) in [6, 6.07) is 3.19. The molecule has 1 aliphatic carbocycles. The van der Waals surface area contributed by atoms with E-state index in [-0.39, 0.29) is 17.4 Å². The van der Waals surface area contributed by atoms with Crippen LogP contribution in [0.5, 0.6) is 5.75 Å². The SMILES string of the molecule is CCN(C[C@@H]1CC[C@H](C)[C@H]1Nc1nc2c(OC(C)C(F)(F)F)cccn2n1)c1nc(C)ns1. The fraction of sp³-hybridized carbons (Fsp3) is 0.619. The summed E-state index contributed by atoms with van der Waals surface area (Å²) in [4.78, 5) is 11.2. The maximum atomic E-state index is 13.0. The zero-order valence-electron chi connectivity index (χ0n) is 19.0. The van der Waals surface area contributed by atoms with E-state index in [4.69, 9.17) is 4.74 Å². The van der Waals surface area contributed by atoms with Crippen LogP contribution < -0.4 is 15.0 Å². The Bertz CT molecular complexity index is 1090. The van der Waals surface area contributed by atoms with Crippen LogP contribution in [0, 0.1) is 18.8 Å². The van der Waals surface area contributed by atoms with Gasteiger partial charge in [0.2, 0.25) is 11.1 Å². The monoisotopic (exact) mass is 483 g/mol. The van der Waals surface area contributed by atoms with Crippen LogP contribution in [-0.2, 0) is 0 Å². The minimum Gasteiger partial charge on any atom is -0.477 e. The first kappa shape index (κ1) is 23.5. The normalized spacial score (nSPS) is 22.0. The minimum absolute atomic E-state index is 0.0442. The van der Waals surface area contributed by atoms with Gasteiger partial charge in [0.25, 0.3) is 0 Å². The summed E-state index contributed by atoms with van der Waals surface area (Å²) in [5.41, 5.74) is 0.248. The number of pyridine rings is 1. The quantitative estimate of drug-likeness (QED) is 0.503. The summed E-state index contributed by atoms with van der Waals surface area (Å²) < 4.78 is 49.8. The standard InChI is InChI=1S/C21H28F3N7OS/c1-5-30(20-25-14(4)29-33-20)11-15-9-8-12(2)17(15)26-19-27-18-16(7-6-10-31(18)28-19)32-13(3)21(22,23)24/h6-7,10,12-13,15,17H,5,8-9,11H2,1-4H3,(H,26,28)/t12-,13?,15-,17+/m0/s1. The molecular formula is C21H28F3N7OS. The molecular weight excluding hydrogens is 455 g/mol. The van der Waals surface area contributed by atoms with Gasteiger partial charge in [-0.3, -0.25) is 0 Å². The Morgan fingerprint density at radius 2 is 2.12 bits per heavy atom. The fourth-order valence-electron chi connectivity index (χ4n) is 4.25. The maximum Gasteiger partial charge on any atom is 0.425 e. The Morgan fingerprint density at radius 3 is 2.79 bits per heavy atom. The lowest BCUT2D eigenvalue weighted by molar-refractivity contribution is -0.189. The molecule has 1 unspecified atom stereocenters. The molecule has 0 aromatic carbocycles. The number of rotatable bonds is 8. The van der Waals surface area contributed by atoms with Gasteiger partial charge in [0.1, 0.15) is 5.82 Å². The van der Waals surface area contributed by atoms with E-state index in [1.54, 1.807) is 12.3 Å². The molecule has 0 aliphatic heterocycles. The molecule has 0 spiro atoms. The molecule has 12 heteroatoms. The van der Waals surface area contributed by atoms with Gasteiger partial charge >= 0.3 is 6.18 Å². The van der Waals surface area contributed by atoms with Gasteiger partial charge in [-0.2, -0.15) is 22.5 Å². The molecule has 4 atom stereocenters. The molecule has 180 valence electrons. The van der Waals surface area contributed by atoms with Gasteiger partial charge in [-0.1, -0.05) is 6.92 Å². The predicted molar refractivity (Wildman–Crippen MR) is 121 cm³/mol. The molecule has 0 radical (unpaired) electrons. The zero-order chi connectivity index (χ0) is 23.8. The number of ether oxygens (including phenoxy) is 1. The molecule has 0 amide bonds. The number of aryl methyl sites for hydroxylation is 1. The van der Waals surface area contributed by atoms with Gasteiger partial charge in [0, 0.05) is 36.9 Å². The van der Waals surface area contributed by atoms with E-state index < -0.39 is 12.3 Å². The molecule has 3 aromatic rings. The average molecular weight is 484 g/mol. The highest BCUT2D eigenvalue weighted by atomic mass is 32.1. The van der Waals surface area contributed by atoms with Gasteiger partial charge in [-0.05, 0) is 57.6 Å². The van der Waals surface area contributed by atoms with E-state index in [1.807, 2.05) is 6.92 Å². The Balaban J connectivity index is 1.52. The van der Waals surface area contributed by atoms with Crippen molar-refractivity contribution in [3.8, 4) is 5.75 Å². The number of anilines is 2.